The molecule has 10 heteroatoms. The lowest BCUT2D eigenvalue weighted by Crippen LogP contribution is -2.31. The summed E-state index contributed by atoms with van der Waals surface area (Å²) in [7, 11) is 0. The minimum absolute atomic E-state index is 0.0169. The Morgan fingerprint density at radius 3 is 2.50 bits per heavy atom. The number of aryl methyl sites for hydroxylation is 1. The van der Waals surface area contributed by atoms with Gasteiger partial charge in [-0.2, -0.15) is 13.2 Å². The van der Waals surface area contributed by atoms with Crippen LogP contribution in [0.15, 0.2) is 30.3 Å². The molecule has 0 radical (unpaired) electrons. The van der Waals surface area contributed by atoms with Gasteiger partial charge in [-0.25, -0.2) is 4.39 Å². The number of primary amides is 1. The van der Waals surface area contributed by atoms with Crippen LogP contribution in [-0.4, -0.2) is 29.9 Å². The van der Waals surface area contributed by atoms with Gasteiger partial charge in [-0.1, -0.05) is 0 Å². The maximum absolute atomic E-state index is 13.7. The maximum atomic E-state index is 13.7. The number of nitrogens with zero attached hydrogens (tertiary/aromatic N) is 1. The van der Waals surface area contributed by atoms with Gasteiger partial charge in [0.05, 0.1) is 23.2 Å². The molecule has 0 aliphatic heterocycles. The topological polar surface area (TPSA) is 94.3 Å². The number of amides is 2. The molecule has 1 aliphatic rings. The van der Waals surface area contributed by atoms with E-state index in [0.29, 0.717) is 36.4 Å². The van der Waals surface area contributed by atoms with Gasteiger partial charge in [0, 0.05) is 11.3 Å². The molecule has 30 heavy (non-hydrogen) atoms. The first kappa shape index (κ1) is 21.5. The number of rotatable bonds is 7. The molecule has 160 valence electrons. The van der Waals surface area contributed by atoms with Gasteiger partial charge >= 0.3 is 6.18 Å². The van der Waals surface area contributed by atoms with Gasteiger partial charge in [0.1, 0.15) is 6.61 Å². The molecule has 6 nitrogen and oxygen atoms in total. The monoisotopic (exact) mass is 425 g/mol. The number of aromatic nitrogens is 1. The van der Waals surface area contributed by atoms with Crippen molar-refractivity contribution < 1.29 is 31.9 Å². The Balaban J connectivity index is 1.58. The van der Waals surface area contributed by atoms with E-state index in [0.717, 1.165) is 6.07 Å². The summed E-state index contributed by atoms with van der Waals surface area (Å²) < 4.78 is 56.5. The van der Waals surface area contributed by atoms with Crippen molar-refractivity contribution in [1.82, 2.24) is 10.3 Å². The van der Waals surface area contributed by atoms with Gasteiger partial charge in [0.15, 0.2) is 11.6 Å². The van der Waals surface area contributed by atoms with Crippen molar-refractivity contribution in [2.75, 3.05) is 13.2 Å². The van der Waals surface area contributed by atoms with Crippen LogP contribution in [0.1, 0.15) is 40.2 Å². The zero-order valence-corrected chi connectivity index (χ0v) is 16.0. The molecule has 0 unspecified atom stereocenters. The van der Waals surface area contributed by atoms with Gasteiger partial charge in [-0.15, -0.1) is 0 Å². The van der Waals surface area contributed by atoms with Gasteiger partial charge in [-0.05, 0) is 50.1 Å². The normalized spacial score (nSPS) is 14.8. The maximum Gasteiger partial charge on any atom is 0.416 e. The number of benzene rings is 1. The Kier molecular flexibility index (Phi) is 5.69. The van der Waals surface area contributed by atoms with E-state index in [9.17, 15) is 27.2 Å². The number of carbonyl (C=O) groups excluding carboxylic acids is 2. The first-order valence-corrected chi connectivity index (χ1v) is 9.10. The fourth-order valence-electron chi connectivity index (χ4n) is 3.02. The second-order valence-corrected chi connectivity index (χ2v) is 7.08. The van der Waals surface area contributed by atoms with Crippen molar-refractivity contribution in [2.24, 2.45) is 5.73 Å². The van der Waals surface area contributed by atoms with Crippen molar-refractivity contribution in [3.05, 3.63) is 58.7 Å². The highest BCUT2D eigenvalue weighted by molar-refractivity contribution is 5.95. The highest BCUT2D eigenvalue weighted by Crippen LogP contribution is 2.47. The summed E-state index contributed by atoms with van der Waals surface area (Å²) in [4.78, 5) is 28.4. The Hall–Kier alpha value is -3.17. The molecule has 0 spiro atoms. The fourth-order valence-corrected chi connectivity index (χ4v) is 3.02. The number of hydrogen-bond acceptors (Lipinski definition) is 4. The van der Waals surface area contributed by atoms with Crippen molar-refractivity contribution in [3.8, 4) is 5.75 Å². The van der Waals surface area contributed by atoms with Crippen molar-refractivity contribution >= 4 is 11.8 Å². The van der Waals surface area contributed by atoms with Crippen LogP contribution in [0.5, 0.6) is 5.75 Å². The third-order valence-corrected chi connectivity index (χ3v) is 4.83. The SMILES string of the molecule is Cc1cc(C(=O)NCCOc2ccc(C(F)(F)F)cc2F)cc(C2(C(N)=O)CC2)n1. The summed E-state index contributed by atoms with van der Waals surface area (Å²) in [6.45, 7) is 1.51. The molecule has 2 aromatic rings. The first-order valence-electron chi connectivity index (χ1n) is 9.10. The van der Waals surface area contributed by atoms with Gasteiger partial charge in [0.2, 0.25) is 5.91 Å². The van der Waals surface area contributed by atoms with Crippen LogP contribution in [-0.2, 0) is 16.4 Å². The molecule has 3 N–H and O–H groups in total. The fraction of sp³-hybridized carbons (Fsp3) is 0.350. The van der Waals surface area contributed by atoms with E-state index in [2.05, 4.69) is 10.3 Å². The zero-order valence-electron chi connectivity index (χ0n) is 16.0. The number of alkyl halides is 3. The van der Waals surface area contributed by atoms with E-state index in [1.807, 2.05) is 0 Å². The molecule has 1 heterocycles. The standard InChI is InChI=1S/C20H19F4N3O3/c1-11-8-12(9-16(27-11)19(4-5-19)18(25)29)17(28)26-6-7-30-15-3-2-13(10-14(15)21)20(22,23)24/h2-3,8-10H,4-7H2,1H3,(H2,25,29)(H,26,28). The summed E-state index contributed by atoms with van der Waals surface area (Å²) in [5, 5.41) is 2.57. The van der Waals surface area contributed by atoms with Gasteiger partial charge < -0.3 is 15.8 Å². The second-order valence-electron chi connectivity index (χ2n) is 7.08. The number of nitrogens with two attached hydrogens (primary N) is 1. The number of halogens is 4. The number of carbonyl (C=O) groups is 2. The summed E-state index contributed by atoms with van der Waals surface area (Å²) in [6.07, 6.45) is -3.50. The van der Waals surface area contributed by atoms with Crippen LogP contribution in [0.3, 0.4) is 0 Å². The Labute approximate surface area is 169 Å². The second kappa shape index (κ2) is 7.92. The van der Waals surface area contributed by atoms with Crippen LogP contribution in [0.4, 0.5) is 17.6 Å². The number of ether oxygens (including phenoxy) is 1. The summed E-state index contributed by atoms with van der Waals surface area (Å²) in [5.74, 6) is -2.44. The van der Waals surface area contributed by atoms with Crippen LogP contribution < -0.4 is 15.8 Å². The van der Waals surface area contributed by atoms with E-state index < -0.39 is 34.8 Å². The van der Waals surface area contributed by atoms with Crippen molar-refractivity contribution in [1.29, 1.82) is 0 Å². The molecule has 2 amide bonds. The predicted molar refractivity (Wildman–Crippen MR) is 98.3 cm³/mol. The average molecular weight is 425 g/mol. The molecular formula is C20H19F4N3O3. The highest BCUT2D eigenvalue weighted by Gasteiger charge is 2.51. The minimum Gasteiger partial charge on any atom is -0.489 e. The number of pyridine rings is 1. The third kappa shape index (κ3) is 4.52. The minimum atomic E-state index is -4.65. The van der Waals surface area contributed by atoms with E-state index in [4.69, 9.17) is 10.5 Å². The molecule has 0 bridgehead atoms. The summed E-state index contributed by atoms with van der Waals surface area (Å²) in [5.41, 5.74) is 4.78. The summed E-state index contributed by atoms with van der Waals surface area (Å²) >= 11 is 0. The predicted octanol–water partition coefficient (Wildman–Crippen LogP) is 2.87. The Morgan fingerprint density at radius 1 is 1.23 bits per heavy atom. The molecule has 0 atom stereocenters. The molecule has 1 saturated carbocycles. The molecule has 0 saturated heterocycles. The third-order valence-electron chi connectivity index (χ3n) is 4.83. The molecule has 1 aromatic heterocycles. The van der Waals surface area contributed by atoms with Crippen LogP contribution in [0, 0.1) is 12.7 Å². The highest BCUT2D eigenvalue weighted by atomic mass is 19.4. The largest absolute Gasteiger partial charge is 0.489 e. The molecule has 1 fully saturated rings. The molecule has 1 aromatic carbocycles. The van der Waals surface area contributed by atoms with Crippen LogP contribution in [0.25, 0.3) is 0 Å². The van der Waals surface area contributed by atoms with Crippen LogP contribution >= 0.6 is 0 Å². The van der Waals surface area contributed by atoms with Gasteiger partial charge in [-0.3, -0.25) is 14.6 Å². The van der Waals surface area contributed by atoms with Crippen molar-refractivity contribution in [2.45, 2.75) is 31.4 Å². The van der Waals surface area contributed by atoms with E-state index in [1.165, 1.54) is 6.07 Å². The quantitative estimate of drug-likeness (QED) is 0.527. The lowest BCUT2D eigenvalue weighted by Gasteiger charge is -2.14. The van der Waals surface area contributed by atoms with E-state index in [-0.39, 0.29) is 24.5 Å². The number of hydrogen-bond donors (Lipinski definition) is 2. The number of nitrogens with one attached hydrogen (secondary N) is 1. The van der Waals surface area contributed by atoms with Gasteiger partial charge in [0.25, 0.3) is 5.91 Å². The lowest BCUT2D eigenvalue weighted by atomic mass is 9.98. The average Bonchev–Trinajstić information content (AvgIpc) is 3.47. The Bertz CT molecular complexity index is 988. The van der Waals surface area contributed by atoms with Crippen LogP contribution in [0.2, 0.25) is 0 Å². The molecule has 3 rings (SSSR count). The first-order chi connectivity index (χ1) is 14.0. The molecular weight excluding hydrogens is 406 g/mol. The Morgan fingerprint density at radius 2 is 1.93 bits per heavy atom. The lowest BCUT2D eigenvalue weighted by molar-refractivity contribution is -0.137. The van der Waals surface area contributed by atoms with Crippen molar-refractivity contribution in [3.63, 3.8) is 0 Å². The molecule has 1 aliphatic carbocycles. The van der Waals surface area contributed by atoms with E-state index in [1.54, 1.807) is 13.0 Å². The summed E-state index contributed by atoms with van der Waals surface area (Å²) in [6, 6.07) is 5.01. The zero-order chi connectivity index (χ0) is 22.1. The smallest absolute Gasteiger partial charge is 0.416 e. The van der Waals surface area contributed by atoms with E-state index >= 15 is 0 Å².